The summed E-state index contributed by atoms with van der Waals surface area (Å²) in [6.07, 6.45) is -0.349. The fourth-order valence-electron chi connectivity index (χ4n) is 4.00. The van der Waals surface area contributed by atoms with Gasteiger partial charge in [-0.25, -0.2) is 4.98 Å². The Morgan fingerprint density at radius 2 is 2.26 bits per heavy atom. The third-order valence-corrected chi connectivity index (χ3v) is 6.04. The molecule has 4 heterocycles. The Kier molecular flexibility index (Phi) is 4.98. The second-order valence-corrected chi connectivity index (χ2v) is 8.21. The molecule has 0 spiro atoms. The highest BCUT2D eigenvalue weighted by molar-refractivity contribution is 6.30. The molecule has 2 saturated heterocycles. The predicted molar refractivity (Wildman–Crippen MR) is 112 cm³/mol. The van der Waals surface area contributed by atoms with E-state index in [1.54, 1.807) is 10.6 Å². The number of ether oxygens (including phenoxy) is 2. The summed E-state index contributed by atoms with van der Waals surface area (Å²) in [5.41, 5.74) is 0.579. The van der Waals surface area contributed by atoms with Gasteiger partial charge >= 0.3 is 0 Å². The minimum absolute atomic E-state index is 0.0205. The number of anilines is 1. The molecule has 2 bridgehead atoms. The summed E-state index contributed by atoms with van der Waals surface area (Å²) in [4.78, 5) is 25.6. The first-order valence-electron chi connectivity index (χ1n) is 9.47. The van der Waals surface area contributed by atoms with E-state index in [0.29, 0.717) is 35.0 Å². The molecule has 2 fully saturated rings. The van der Waals surface area contributed by atoms with Crippen molar-refractivity contribution < 1.29 is 19.4 Å². The van der Waals surface area contributed by atoms with Crippen molar-refractivity contribution in [1.82, 2.24) is 24.4 Å². The van der Waals surface area contributed by atoms with Crippen molar-refractivity contribution >= 4 is 46.6 Å². The van der Waals surface area contributed by atoms with Crippen LogP contribution in [0.3, 0.4) is 0 Å². The number of likely N-dealkylation sites (N-methyl/N-ethyl adjacent to an activating group) is 1. The average molecular weight is 465 g/mol. The standard InChI is InChI=1S/C19H18Cl2N6O4/c1-26(9-28)19-7-30-13(14(19)29)17(31-19)27-8-23-12-15(24-18(21)25-16(12)27)22-6-10-3-2-4-11(20)5-10/h2-5,8-9,13-14,17,29H,6-7H2,1H3,(H,22,24,25)/t13-,14+,17-,19-/m1/s1. The van der Waals surface area contributed by atoms with Crippen LogP contribution in [0.4, 0.5) is 5.82 Å². The van der Waals surface area contributed by atoms with Crippen molar-refractivity contribution in [2.24, 2.45) is 0 Å². The van der Waals surface area contributed by atoms with Gasteiger partial charge in [0.2, 0.25) is 11.7 Å². The van der Waals surface area contributed by atoms with E-state index in [0.717, 1.165) is 5.56 Å². The van der Waals surface area contributed by atoms with Gasteiger partial charge in [0, 0.05) is 18.6 Å². The Labute approximate surface area is 186 Å². The topological polar surface area (TPSA) is 115 Å². The molecule has 1 aromatic carbocycles. The maximum Gasteiger partial charge on any atom is 0.226 e. The number of imidazole rings is 1. The van der Waals surface area contributed by atoms with Gasteiger partial charge in [0.25, 0.3) is 0 Å². The van der Waals surface area contributed by atoms with E-state index in [-0.39, 0.29) is 11.9 Å². The van der Waals surface area contributed by atoms with E-state index in [4.69, 9.17) is 32.7 Å². The minimum atomic E-state index is -1.27. The number of halogens is 2. The zero-order valence-electron chi connectivity index (χ0n) is 16.3. The Hall–Kier alpha value is -2.50. The van der Waals surface area contributed by atoms with Crippen LogP contribution >= 0.6 is 23.2 Å². The SMILES string of the molecule is CN(C=O)[C@]12CO[C@@H]([C@H](n3cnc4c(NCc5cccc(Cl)c5)nc(Cl)nc43)O1)[C@@H]2O. The van der Waals surface area contributed by atoms with Gasteiger partial charge < -0.3 is 24.8 Å². The molecular formula is C19H18Cl2N6O4. The Bertz CT molecular complexity index is 1160. The molecule has 12 heteroatoms. The molecule has 31 heavy (non-hydrogen) atoms. The smallest absolute Gasteiger partial charge is 0.226 e. The van der Waals surface area contributed by atoms with Gasteiger partial charge in [-0.1, -0.05) is 23.7 Å². The summed E-state index contributed by atoms with van der Waals surface area (Å²) in [6.45, 7) is 0.521. The number of aliphatic hydroxyl groups is 1. The summed E-state index contributed by atoms with van der Waals surface area (Å²) in [6, 6.07) is 7.44. The van der Waals surface area contributed by atoms with Crippen LogP contribution in [0.1, 0.15) is 11.8 Å². The molecule has 162 valence electrons. The molecule has 2 N–H and O–H groups in total. The number of carbonyl (C=O) groups excluding carboxylic acids is 1. The number of aliphatic hydroxyl groups excluding tert-OH is 1. The molecule has 0 saturated carbocycles. The van der Waals surface area contributed by atoms with Gasteiger partial charge in [-0.05, 0) is 29.3 Å². The van der Waals surface area contributed by atoms with Gasteiger partial charge in [0.15, 0.2) is 28.9 Å². The molecule has 0 aliphatic carbocycles. The second kappa shape index (κ2) is 7.57. The van der Waals surface area contributed by atoms with Crippen LogP contribution in [0.5, 0.6) is 0 Å². The molecule has 2 aliphatic rings. The number of rotatable bonds is 6. The first-order valence-corrected chi connectivity index (χ1v) is 10.2. The fourth-order valence-corrected chi connectivity index (χ4v) is 4.37. The summed E-state index contributed by atoms with van der Waals surface area (Å²) in [5, 5.41) is 14.6. The maximum absolute atomic E-state index is 11.3. The summed E-state index contributed by atoms with van der Waals surface area (Å²) in [7, 11) is 1.53. The lowest BCUT2D eigenvalue weighted by Gasteiger charge is -2.36. The maximum atomic E-state index is 11.3. The number of benzene rings is 1. The highest BCUT2D eigenvalue weighted by Gasteiger charge is 2.64. The van der Waals surface area contributed by atoms with E-state index in [1.165, 1.54) is 18.3 Å². The summed E-state index contributed by atoms with van der Waals surface area (Å²) >= 11 is 12.2. The molecule has 0 radical (unpaired) electrons. The number of fused-ring (bicyclic) bond motifs is 3. The van der Waals surface area contributed by atoms with Crippen LogP contribution in [-0.4, -0.2) is 67.5 Å². The summed E-state index contributed by atoms with van der Waals surface area (Å²) in [5.74, 6) is 0.443. The first kappa shape index (κ1) is 20.4. The molecule has 4 atom stereocenters. The highest BCUT2D eigenvalue weighted by Crippen LogP contribution is 2.46. The van der Waals surface area contributed by atoms with Crippen LogP contribution < -0.4 is 5.32 Å². The third kappa shape index (κ3) is 3.22. The van der Waals surface area contributed by atoms with E-state index >= 15 is 0 Å². The van der Waals surface area contributed by atoms with Gasteiger partial charge in [-0.15, -0.1) is 0 Å². The minimum Gasteiger partial charge on any atom is -0.385 e. The fraction of sp³-hybridized carbons (Fsp3) is 0.368. The lowest BCUT2D eigenvalue weighted by atomic mass is 10.1. The van der Waals surface area contributed by atoms with Gasteiger partial charge in [0.05, 0.1) is 12.9 Å². The van der Waals surface area contributed by atoms with Crippen molar-refractivity contribution in [3.8, 4) is 0 Å². The van der Waals surface area contributed by atoms with E-state index in [1.807, 2.05) is 18.2 Å². The van der Waals surface area contributed by atoms with E-state index in [9.17, 15) is 9.90 Å². The van der Waals surface area contributed by atoms with Gasteiger partial charge in [-0.2, -0.15) is 9.97 Å². The van der Waals surface area contributed by atoms with Crippen LogP contribution in [-0.2, 0) is 20.8 Å². The van der Waals surface area contributed by atoms with Gasteiger partial charge in [0.1, 0.15) is 12.2 Å². The lowest BCUT2D eigenvalue weighted by molar-refractivity contribution is -0.222. The molecule has 0 unspecified atom stereocenters. The monoisotopic (exact) mass is 464 g/mol. The zero-order valence-corrected chi connectivity index (χ0v) is 17.8. The average Bonchev–Trinajstić information content (AvgIpc) is 3.41. The number of hydrogen-bond acceptors (Lipinski definition) is 8. The molecule has 5 rings (SSSR count). The predicted octanol–water partition coefficient (Wildman–Crippen LogP) is 1.82. The molecule has 10 nitrogen and oxygen atoms in total. The third-order valence-electron chi connectivity index (χ3n) is 5.63. The number of nitrogens with zero attached hydrogens (tertiary/aromatic N) is 5. The number of carbonyl (C=O) groups is 1. The second-order valence-electron chi connectivity index (χ2n) is 7.44. The van der Waals surface area contributed by atoms with E-state index in [2.05, 4.69) is 20.3 Å². The molecule has 1 amide bonds. The summed E-state index contributed by atoms with van der Waals surface area (Å²) < 4.78 is 13.4. The number of amides is 1. The normalized spacial score (nSPS) is 27.0. The van der Waals surface area contributed by atoms with Crippen LogP contribution in [0.2, 0.25) is 10.3 Å². The Morgan fingerprint density at radius 3 is 3.03 bits per heavy atom. The molecule has 3 aromatic rings. The number of hydrogen-bond donors (Lipinski definition) is 2. The molecular weight excluding hydrogens is 447 g/mol. The van der Waals surface area contributed by atoms with Crippen molar-refractivity contribution in [3.05, 3.63) is 46.5 Å². The quantitative estimate of drug-likeness (QED) is 0.419. The van der Waals surface area contributed by atoms with Crippen molar-refractivity contribution in [1.29, 1.82) is 0 Å². The molecule has 2 aromatic heterocycles. The van der Waals surface area contributed by atoms with Crippen molar-refractivity contribution in [2.45, 2.75) is 30.7 Å². The number of nitrogens with one attached hydrogen (secondary N) is 1. The van der Waals surface area contributed by atoms with Crippen LogP contribution in [0.25, 0.3) is 11.2 Å². The van der Waals surface area contributed by atoms with Crippen LogP contribution in [0, 0.1) is 0 Å². The lowest BCUT2D eigenvalue weighted by Crippen LogP contribution is -2.53. The number of aromatic nitrogens is 4. The Balaban J connectivity index is 1.47. The van der Waals surface area contributed by atoms with Crippen molar-refractivity contribution in [3.63, 3.8) is 0 Å². The first-order chi connectivity index (χ1) is 14.9. The largest absolute Gasteiger partial charge is 0.385 e. The van der Waals surface area contributed by atoms with Gasteiger partial charge in [-0.3, -0.25) is 9.36 Å². The van der Waals surface area contributed by atoms with E-state index < -0.39 is 24.2 Å². The Morgan fingerprint density at radius 1 is 1.42 bits per heavy atom. The van der Waals surface area contributed by atoms with Crippen molar-refractivity contribution in [2.75, 3.05) is 19.0 Å². The van der Waals surface area contributed by atoms with Crippen LogP contribution in [0.15, 0.2) is 30.6 Å². The highest BCUT2D eigenvalue weighted by atomic mass is 35.5. The molecule has 2 aliphatic heterocycles. The zero-order chi connectivity index (χ0) is 21.8.